The normalized spacial score (nSPS) is 11.1. The zero-order chi connectivity index (χ0) is 15.0. The van der Waals surface area contributed by atoms with Gasteiger partial charge in [-0.2, -0.15) is 0 Å². The Hall–Kier alpha value is -1.20. The van der Waals surface area contributed by atoms with Crippen LogP contribution in [-0.4, -0.2) is 26.9 Å². The molecule has 3 nitrogen and oxygen atoms in total. The Morgan fingerprint density at radius 3 is 2.35 bits per heavy atom. The molecule has 0 amide bonds. The lowest BCUT2D eigenvalue weighted by atomic mass is 10.1. The molecule has 0 aliphatic rings. The molecule has 0 aliphatic carbocycles. The van der Waals surface area contributed by atoms with Crippen molar-refractivity contribution in [3.63, 3.8) is 0 Å². The van der Waals surface area contributed by atoms with Gasteiger partial charge in [-0.1, -0.05) is 13.8 Å². The van der Waals surface area contributed by atoms with Crippen molar-refractivity contribution in [3.05, 3.63) is 29.3 Å². The van der Waals surface area contributed by atoms with E-state index in [0.717, 1.165) is 6.42 Å². The maximum Gasteiger partial charge on any atom is 0.190 e. The highest BCUT2D eigenvalue weighted by Crippen LogP contribution is 2.23. The van der Waals surface area contributed by atoms with Gasteiger partial charge in [-0.3, -0.25) is 0 Å². The van der Waals surface area contributed by atoms with E-state index in [2.05, 4.69) is 5.32 Å². The van der Waals surface area contributed by atoms with Crippen molar-refractivity contribution < 1.29 is 18.3 Å². The van der Waals surface area contributed by atoms with Crippen molar-refractivity contribution in [1.82, 2.24) is 5.32 Å². The maximum absolute atomic E-state index is 13.8. The van der Waals surface area contributed by atoms with Crippen molar-refractivity contribution in [2.24, 2.45) is 5.92 Å². The summed E-state index contributed by atoms with van der Waals surface area (Å²) < 4.78 is 37.7. The van der Waals surface area contributed by atoms with Gasteiger partial charge in [0.25, 0.3) is 0 Å². The van der Waals surface area contributed by atoms with Gasteiger partial charge in [0, 0.05) is 20.2 Å². The van der Waals surface area contributed by atoms with Gasteiger partial charge in [0.1, 0.15) is 0 Å². The third-order valence-electron chi connectivity index (χ3n) is 2.81. The van der Waals surface area contributed by atoms with Crippen LogP contribution < -0.4 is 10.1 Å². The van der Waals surface area contributed by atoms with E-state index in [9.17, 15) is 8.78 Å². The Labute approximate surface area is 119 Å². The predicted molar refractivity (Wildman–Crippen MR) is 74.9 cm³/mol. The lowest BCUT2D eigenvalue weighted by molar-refractivity contribution is 0.199. The predicted octanol–water partition coefficient (Wildman–Crippen LogP) is 3.13. The van der Waals surface area contributed by atoms with E-state index in [-0.39, 0.29) is 5.75 Å². The van der Waals surface area contributed by atoms with E-state index >= 15 is 0 Å². The molecule has 0 saturated heterocycles. The van der Waals surface area contributed by atoms with E-state index in [1.54, 1.807) is 7.11 Å². The number of ether oxygens (including phenoxy) is 2. The molecule has 0 aliphatic heterocycles. The Balaban J connectivity index is 2.57. The number of nitrogens with one attached hydrogen (secondary N) is 1. The summed E-state index contributed by atoms with van der Waals surface area (Å²) >= 11 is 0. The fourth-order valence-electron chi connectivity index (χ4n) is 1.66. The maximum atomic E-state index is 13.8. The first-order valence-corrected chi connectivity index (χ1v) is 6.85. The Morgan fingerprint density at radius 1 is 1.15 bits per heavy atom. The molecule has 1 N–H and O–H groups in total. The average molecular weight is 287 g/mol. The number of benzene rings is 1. The zero-order valence-electron chi connectivity index (χ0n) is 12.3. The number of hydrogen-bond donors (Lipinski definition) is 1. The first-order valence-electron chi connectivity index (χ1n) is 6.85. The molecule has 0 spiro atoms. The molecule has 114 valence electrons. The second kappa shape index (κ2) is 8.87. The Kier molecular flexibility index (Phi) is 7.47. The molecule has 0 heterocycles. The monoisotopic (exact) mass is 287 g/mol. The first kappa shape index (κ1) is 16.9. The standard InChI is InChI=1S/C15H23F2NO2/c1-11(2)4-6-20-15-13(16)8-12(9-14(15)17)10-18-5-7-19-3/h8-9,11,18H,4-7,10H2,1-3H3. The summed E-state index contributed by atoms with van der Waals surface area (Å²) in [7, 11) is 1.60. The lowest BCUT2D eigenvalue weighted by Gasteiger charge is -2.11. The van der Waals surface area contributed by atoms with Crippen LogP contribution in [0.5, 0.6) is 5.75 Å². The van der Waals surface area contributed by atoms with Gasteiger partial charge in [0.05, 0.1) is 13.2 Å². The van der Waals surface area contributed by atoms with Crippen molar-refractivity contribution in [1.29, 1.82) is 0 Å². The summed E-state index contributed by atoms with van der Waals surface area (Å²) in [5.74, 6) is -1.16. The second-order valence-electron chi connectivity index (χ2n) is 5.09. The average Bonchev–Trinajstić information content (AvgIpc) is 2.37. The van der Waals surface area contributed by atoms with Gasteiger partial charge in [-0.05, 0) is 30.0 Å². The fourth-order valence-corrected chi connectivity index (χ4v) is 1.66. The lowest BCUT2D eigenvalue weighted by Crippen LogP contribution is -2.18. The van der Waals surface area contributed by atoms with Crippen LogP contribution in [-0.2, 0) is 11.3 Å². The van der Waals surface area contributed by atoms with Crippen LogP contribution in [0.2, 0.25) is 0 Å². The topological polar surface area (TPSA) is 30.5 Å². The second-order valence-corrected chi connectivity index (χ2v) is 5.09. The Bertz CT molecular complexity index is 388. The summed E-state index contributed by atoms with van der Waals surface area (Å²) in [6.07, 6.45) is 0.763. The zero-order valence-corrected chi connectivity index (χ0v) is 12.3. The van der Waals surface area contributed by atoms with E-state index < -0.39 is 11.6 Å². The van der Waals surface area contributed by atoms with Crippen LogP contribution in [0, 0.1) is 17.6 Å². The summed E-state index contributed by atoms with van der Waals surface area (Å²) in [6, 6.07) is 2.60. The van der Waals surface area contributed by atoms with E-state index in [4.69, 9.17) is 9.47 Å². The summed E-state index contributed by atoms with van der Waals surface area (Å²) in [6.45, 7) is 5.96. The largest absolute Gasteiger partial charge is 0.488 e. The fraction of sp³-hybridized carbons (Fsp3) is 0.600. The van der Waals surface area contributed by atoms with Crippen LogP contribution in [0.15, 0.2) is 12.1 Å². The molecular formula is C15H23F2NO2. The quantitative estimate of drug-likeness (QED) is 0.708. The molecule has 0 saturated carbocycles. The smallest absolute Gasteiger partial charge is 0.190 e. The third kappa shape index (κ3) is 5.84. The molecule has 0 aromatic heterocycles. The van der Waals surface area contributed by atoms with Crippen LogP contribution in [0.3, 0.4) is 0 Å². The first-order chi connectivity index (χ1) is 9.54. The molecule has 5 heteroatoms. The molecule has 1 rings (SSSR count). The molecule has 1 aromatic rings. The van der Waals surface area contributed by atoms with Gasteiger partial charge in [0.2, 0.25) is 0 Å². The van der Waals surface area contributed by atoms with Crippen LogP contribution in [0.25, 0.3) is 0 Å². The molecule has 0 fully saturated rings. The van der Waals surface area contributed by atoms with Crippen molar-refractivity contribution in [3.8, 4) is 5.75 Å². The van der Waals surface area contributed by atoms with Crippen LogP contribution in [0.4, 0.5) is 8.78 Å². The summed E-state index contributed by atoms with van der Waals surface area (Å²) in [5.41, 5.74) is 0.548. The van der Waals surface area contributed by atoms with Gasteiger partial charge in [-0.15, -0.1) is 0 Å². The number of halogens is 2. The SMILES string of the molecule is COCCNCc1cc(F)c(OCCC(C)C)c(F)c1. The number of rotatable bonds is 9. The highest BCUT2D eigenvalue weighted by atomic mass is 19.1. The molecule has 0 bridgehead atoms. The third-order valence-corrected chi connectivity index (χ3v) is 2.81. The summed E-state index contributed by atoms with van der Waals surface area (Å²) in [5, 5.41) is 3.04. The van der Waals surface area contributed by atoms with E-state index in [1.165, 1.54) is 12.1 Å². The van der Waals surface area contributed by atoms with E-state index in [1.807, 2.05) is 13.8 Å². The van der Waals surface area contributed by atoms with Crippen LogP contribution in [0.1, 0.15) is 25.8 Å². The van der Waals surface area contributed by atoms with Gasteiger partial charge < -0.3 is 14.8 Å². The minimum atomic E-state index is -0.655. The molecule has 0 unspecified atom stereocenters. The molecular weight excluding hydrogens is 264 g/mol. The highest BCUT2D eigenvalue weighted by Gasteiger charge is 2.12. The number of hydrogen-bond acceptors (Lipinski definition) is 3. The van der Waals surface area contributed by atoms with Crippen molar-refractivity contribution >= 4 is 0 Å². The van der Waals surface area contributed by atoms with Crippen molar-refractivity contribution in [2.75, 3.05) is 26.9 Å². The van der Waals surface area contributed by atoms with Gasteiger partial charge in [0.15, 0.2) is 17.4 Å². The van der Waals surface area contributed by atoms with Gasteiger partial charge >= 0.3 is 0 Å². The minimum Gasteiger partial charge on any atom is -0.488 e. The van der Waals surface area contributed by atoms with Gasteiger partial charge in [-0.25, -0.2) is 8.78 Å². The van der Waals surface area contributed by atoms with Crippen LogP contribution >= 0.6 is 0 Å². The number of methoxy groups -OCH3 is 1. The van der Waals surface area contributed by atoms with Crippen molar-refractivity contribution in [2.45, 2.75) is 26.8 Å². The Morgan fingerprint density at radius 2 is 1.80 bits per heavy atom. The molecule has 0 radical (unpaired) electrons. The minimum absolute atomic E-state index is 0.286. The molecule has 1 aromatic carbocycles. The molecule has 20 heavy (non-hydrogen) atoms. The highest BCUT2D eigenvalue weighted by molar-refractivity contribution is 5.31. The molecule has 0 atom stereocenters. The van der Waals surface area contributed by atoms with E-state index in [0.29, 0.717) is 37.8 Å². The summed E-state index contributed by atoms with van der Waals surface area (Å²) in [4.78, 5) is 0.